The van der Waals surface area contributed by atoms with Crippen LogP contribution < -0.4 is 20.3 Å². The summed E-state index contributed by atoms with van der Waals surface area (Å²) in [4.78, 5) is 16.9. The molecule has 0 amide bonds. The SMILES string of the molecule is COc1ccc([C@@H](C)C(C)COc2cc(NCc3cn(C)nc3C)c(=O)n(C)n2)nc1. The first-order valence-electron chi connectivity index (χ1n) is 10.2. The molecule has 0 saturated heterocycles. The highest BCUT2D eigenvalue weighted by molar-refractivity contribution is 5.44. The molecule has 0 aliphatic heterocycles. The molecule has 1 unspecified atom stereocenters. The Bertz CT molecular complexity index is 1070. The molecule has 3 aromatic heterocycles. The zero-order valence-electron chi connectivity index (χ0n) is 18.9. The van der Waals surface area contributed by atoms with E-state index in [4.69, 9.17) is 9.47 Å². The molecule has 0 fully saturated rings. The summed E-state index contributed by atoms with van der Waals surface area (Å²) in [5.41, 5.74) is 3.15. The minimum Gasteiger partial charge on any atom is -0.495 e. The molecule has 0 spiro atoms. The van der Waals surface area contributed by atoms with E-state index >= 15 is 0 Å². The van der Waals surface area contributed by atoms with Gasteiger partial charge in [0.25, 0.3) is 5.56 Å². The van der Waals surface area contributed by atoms with Crippen molar-refractivity contribution in [2.45, 2.75) is 33.2 Å². The summed E-state index contributed by atoms with van der Waals surface area (Å²) in [6, 6.07) is 5.52. The highest BCUT2D eigenvalue weighted by atomic mass is 16.5. The van der Waals surface area contributed by atoms with Gasteiger partial charge in [0.15, 0.2) is 0 Å². The molecule has 9 heteroatoms. The van der Waals surface area contributed by atoms with Crippen LogP contribution >= 0.6 is 0 Å². The molecule has 0 saturated carbocycles. The van der Waals surface area contributed by atoms with Gasteiger partial charge < -0.3 is 14.8 Å². The average molecular weight is 427 g/mol. The van der Waals surface area contributed by atoms with Crippen molar-refractivity contribution >= 4 is 5.69 Å². The van der Waals surface area contributed by atoms with Gasteiger partial charge in [-0.15, -0.1) is 5.10 Å². The number of rotatable bonds is 9. The molecule has 0 bridgehead atoms. The number of methoxy groups -OCH3 is 1. The number of nitrogens with zero attached hydrogens (tertiary/aromatic N) is 5. The second-order valence-corrected chi connectivity index (χ2v) is 7.79. The maximum absolute atomic E-state index is 12.5. The van der Waals surface area contributed by atoms with Gasteiger partial charge in [0, 0.05) is 50.1 Å². The van der Waals surface area contributed by atoms with Crippen molar-refractivity contribution < 1.29 is 9.47 Å². The molecule has 0 radical (unpaired) electrons. The normalized spacial score (nSPS) is 13.0. The molecular weight excluding hydrogens is 396 g/mol. The minimum absolute atomic E-state index is 0.185. The second kappa shape index (κ2) is 9.63. The molecule has 3 aromatic rings. The van der Waals surface area contributed by atoms with Gasteiger partial charge in [0.2, 0.25) is 5.88 Å². The third-order valence-corrected chi connectivity index (χ3v) is 5.43. The third kappa shape index (κ3) is 5.42. The van der Waals surface area contributed by atoms with E-state index in [9.17, 15) is 4.79 Å². The molecule has 0 aliphatic carbocycles. The summed E-state index contributed by atoms with van der Waals surface area (Å²) in [7, 11) is 5.11. The van der Waals surface area contributed by atoms with Crippen LogP contribution in [0.25, 0.3) is 0 Å². The lowest BCUT2D eigenvalue weighted by atomic mass is 9.93. The number of anilines is 1. The summed E-state index contributed by atoms with van der Waals surface area (Å²) in [6.45, 7) is 7.09. The second-order valence-electron chi connectivity index (χ2n) is 7.79. The van der Waals surface area contributed by atoms with Crippen LogP contribution in [0, 0.1) is 12.8 Å². The molecular formula is C22H30N6O3. The quantitative estimate of drug-likeness (QED) is 0.562. The van der Waals surface area contributed by atoms with Gasteiger partial charge in [-0.1, -0.05) is 13.8 Å². The molecule has 3 heterocycles. The zero-order valence-corrected chi connectivity index (χ0v) is 18.9. The molecule has 166 valence electrons. The predicted octanol–water partition coefficient (Wildman–Crippen LogP) is 2.66. The smallest absolute Gasteiger partial charge is 0.290 e. The molecule has 9 nitrogen and oxygen atoms in total. The molecule has 31 heavy (non-hydrogen) atoms. The summed E-state index contributed by atoms with van der Waals surface area (Å²) in [5, 5.41) is 11.7. The van der Waals surface area contributed by atoms with Crippen molar-refractivity contribution in [1.82, 2.24) is 24.5 Å². The van der Waals surface area contributed by atoms with Crippen molar-refractivity contribution in [2.75, 3.05) is 19.0 Å². The van der Waals surface area contributed by atoms with Crippen molar-refractivity contribution in [3.63, 3.8) is 0 Å². The van der Waals surface area contributed by atoms with E-state index in [0.29, 0.717) is 24.7 Å². The summed E-state index contributed by atoms with van der Waals surface area (Å²) < 4.78 is 14.1. The Kier molecular flexibility index (Phi) is 6.94. The Labute approximate surface area is 182 Å². The van der Waals surface area contributed by atoms with Crippen molar-refractivity contribution in [3.8, 4) is 11.6 Å². The van der Waals surface area contributed by atoms with Gasteiger partial charge in [-0.05, 0) is 25.0 Å². The first-order valence-corrected chi connectivity index (χ1v) is 10.2. The van der Waals surface area contributed by atoms with E-state index in [-0.39, 0.29) is 17.4 Å². The fourth-order valence-corrected chi connectivity index (χ4v) is 3.23. The van der Waals surface area contributed by atoms with Crippen LogP contribution in [0.2, 0.25) is 0 Å². The molecule has 1 N–H and O–H groups in total. The fourth-order valence-electron chi connectivity index (χ4n) is 3.23. The molecule has 3 rings (SSSR count). The number of hydrogen-bond donors (Lipinski definition) is 1. The van der Waals surface area contributed by atoms with Crippen molar-refractivity contribution in [2.24, 2.45) is 20.0 Å². The highest BCUT2D eigenvalue weighted by Crippen LogP contribution is 2.24. The lowest BCUT2D eigenvalue weighted by Crippen LogP contribution is -2.24. The largest absolute Gasteiger partial charge is 0.495 e. The van der Waals surface area contributed by atoms with Crippen LogP contribution in [-0.4, -0.2) is 38.3 Å². The fraction of sp³-hybridized carbons (Fsp3) is 0.455. The van der Waals surface area contributed by atoms with Crippen molar-refractivity contribution in [3.05, 3.63) is 57.9 Å². The maximum Gasteiger partial charge on any atom is 0.290 e. The lowest BCUT2D eigenvalue weighted by molar-refractivity contribution is 0.228. The van der Waals surface area contributed by atoms with Crippen LogP contribution in [0.4, 0.5) is 5.69 Å². The van der Waals surface area contributed by atoms with E-state index in [1.807, 2.05) is 32.3 Å². The Morgan fingerprint density at radius 1 is 1.19 bits per heavy atom. The van der Waals surface area contributed by atoms with Gasteiger partial charge in [-0.3, -0.25) is 14.5 Å². The van der Waals surface area contributed by atoms with Crippen LogP contribution in [0.1, 0.15) is 36.7 Å². The molecule has 0 aromatic carbocycles. The van der Waals surface area contributed by atoms with Gasteiger partial charge in [-0.25, -0.2) is 4.68 Å². The summed E-state index contributed by atoms with van der Waals surface area (Å²) in [5.74, 6) is 1.50. The first kappa shape index (κ1) is 22.3. The standard InChI is InChI=1S/C22H30N6O3/c1-14(15(2)19-8-7-18(30-6)11-24-19)13-31-21-9-20(22(29)28(5)26-21)23-10-17-12-27(4)25-16(17)3/h7-9,11-12,14-15,23H,10,13H2,1-6H3/t14?,15-/m0/s1. The number of pyridine rings is 1. The molecule has 0 aliphatic rings. The highest BCUT2D eigenvalue weighted by Gasteiger charge is 2.18. The first-order chi connectivity index (χ1) is 14.8. The topological polar surface area (TPSA) is 96.1 Å². The van der Waals surface area contributed by atoms with E-state index in [0.717, 1.165) is 22.7 Å². The Morgan fingerprint density at radius 3 is 2.58 bits per heavy atom. The van der Waals surface area contributed by atoms with Gasteiger partial charge in [0.05, 0.1) is 25.6 Å². The Morgan fingerprint density at radius 2 is 1.97 bits per heavy atom. The van der Waals surface area contributed by atoms with Gasteiger partial charge in [-0.2, -0.15) is 5.10 Å². The van der Waals surface area contributed by atoms with Gasteiger partial charge in [0.1, 0.15) is 11.4 Å². The van der Waals surface area contributed by atoms with Crippen LogP contribution in [0.3, 0.4) is 0 Å². The Hall–Kier alpha value is -3.36. The Balaban J connectivity index is 1.65. The van der Waals surface area contributed by atoms with Crippen molar-refractivity contribution in [1.29, 1.82) is 0 Å². The summed E-state index contributed by atoms with van der Waals surface area (Å²) in [6.07, 6.45) is 3.65. The minimum atomic E-state index is -0.210. The van der Waals surface area contributed by atoms with Crippen LogP contribution in [0.5, 0.6) is 11.6 Å². The lowest BCUT2D eigenvalue weighted by Gasteiger charge is -2.20. The van der Waals surface area contributed by atoms with Gasteiger partial charge >= 0.3 is 0 Å². The summed E-state index contributed by atoms with van der Waals surface area (Å²) >= 11 is 0. The number of aryl methyl sites for hydroxylation is 3. The van der Waals surface area contributed by atoms with E-state index in [1.54, 1.807) is 31.1 Å². The average Bonchev–Trinajstić information content (AvgIpc) is 3.09. The van der Waals surface area contributed by atoms with E-state index < -0.39 is 0 Å². The number of aromatic nitrogens is 5. The number of hydrogen-bond acceptors (Lipinski definition) is 7. The number of nitrogens with one attached hydrogen (secondary N) is 1. The number of ether oxygens (including phenoxy) is 2. The van der Waals surface area contributed by atoms with Crippen LogP contribution in [0.15, 0.2) is 35.4 Å². The predicted molar refractivity (Wildman–Crippen MR) is 119 cm³/mol. The zero-order chi connectivity index (χ0) is 22.5. The van der Waals surface area contributed by atoms with Crippen LogP contribution in [-0.2, 0) is 20.6 Å². The molecule has 2 atom stereocenters. The monoisotopic (exact) mass is 426 g/mol. The van der Waals surface area contributed by atoms with E-state index in [2.05, 4.69) is 34.3 Å². The maximum atomic E-state index is 12.5. The van der Waals surface area contributed by atoms with E-state index in [1.165, 1.54) is 4.68 Å². The third-order valence-electron chi connectivity index (χ3n) is 5.43.